The van der Waals surface area contributed by atoms with Crippen LogP contribution in [0.1, 0.15) is 25.5 Å². The van der Waals surface area contributed by atoms with E-state index in [-0.39, 0.29) is 6.10 Å². The zero-order chi connectivity index (χ0) is 14.7. The van der Waals surface area contributed by atoms with Crippen LogP contribution in [-0.2, 0) is 6.54 Å². The van der Waals surface area contributed by atoms with Gasteiger partial charge in [0.15, 0.2) is 0 Å². The summed E-state index contributed by atoms with van der Waals surface area (Å²) in [5.41, 5.74) is 2.04. The van der Waals surface area contributed by atoms with Crippen LogP contribution >= 0.6 is 11.3 Å². The van der Waals surface area contributed by atoms with Gasteiger partial charge in [-0.3, -0.25) is 9.88 Å². The number of aromatic nitrogens is 2. The number of rotatable bonds is 4. The Morgan fingerprint density at radius 3 is 3.14 bits per heavy atom. The van der Waals surface area contributed by atoms with Gasteiger partial charge in [0.1, 0.15) is 5.01 Å². The van der Waals surface area contributed by atoms with Crippen LogP contribution in [0.2, 0.25) is 0 Å². The van der Waals surface area contributed by atoms with Gasteiger partial charge >= 0.3 is 0 Å². The maximum Gasteiger partial charge on any atom is 0.142 e. The Balaban J connectivity index is 1.65. The number of pyridine rings is 1. The number of likely N-dealkylation sites (tertiary alicyclic amines) is 1. The highest BCUT2D eigenvalue weighted by molar-refractivity contribution is 7.13. The highest BCUT2D eigenvalue weighted by Crippen LogP contribution is 2.24. The number of piperidine rings is 1. The monoisotopic (exact) mass is 303 g/mol. The Hall–Kier alpha value is -1.30. The van der Waals surface area contributed by atoms with E-state index in [1.54, 1.807) is 17.5 Å². The topological polar surface area (TPSA) is 49.2 Å². The Kier molecular flexibility index (Phi) is 4.63. The van der Waals surface area contributed by atoms with E-state index in [1.165, 1.54) is 0 Å². The lowest BCUT2D eigenvalue weighted by molar-refractivity contribution is 0.0595. The summed E-state index contributed by atoms with van der Waals surface area (Å²) in [5, 5.41) is 12.9. The standard InChI is InChI=1S/C16H21N3OS/c1-12(20)13-5-4-8-19(9-13)10-14-11-21-16(18-14)15-6-2-3-7-17-15/h2-3,6-7,11-13,20H,4-5,8-10H2,1H3. The minimum Gasteiger partial charge on any atom is -0.393 e. The summed E-state index contributed by atoms with van der Waals surface area (Å²) in [6.45, 7) is 4.83. The first-order chi connectivity index (χ1) is 10.2. The fraction of sp³-hybridized carbons (Fsp3) is 0.500. The molecular formula is C16H21N3OS. The third-order valence-corrected chi connectivity index (χ3v) is 4.96. The molecule has 2 aromatic heterocycles. The molecule has 2 unspecified atom stereocenters. The van der Waals surface area contributed by atoms with Gasteiger partial charge in [-0.05, 0) is 44.4 Å². The molecule has 1 aliphatic heterocycles. The van der Waals surface area contributed by atoms with Crippen LogP contribution in [0.15, 0.2) is 29.8 Å². The zero-order valence-corrected chi connectivity index (χ0v) is 13.1. The number of nitrogens with zero attached hydrogens (tertiary/aromatic N) is 3. The molecule has 4 nitrogen and oxygen atoms in total. The summed E-state index contributed by atoms with van der Waals surface area (Å²) in [5.74, 6) is 0.396. The van der Waals surface area contributed by atoms with Gasteiger partial charge in [-0.25, -0.2) is 4.98 Å². The van der Waals surface area contributed by atoms with Crippen molar-refractivity contribution in [2.24, 2.45) is 5.92 Å². The van der Waals surface area contributed by atoms with E-state index in [2.05, 4.69) is 15.3 Å². The second-order valence-corrected chi connectivity index (χ2v) is 6.60. The Labute approximate surface area is 129 Å². The Morgan fingerprint density at radius 1 is 1.48 bits per heavy atom. The van der Waals surface area contributed by atoms with Gasteiger partial charge in [-0.15, -0.1) is 11.3 Å². The van der Waals surface area contributed by atoms with Crippen molar-refractivity contribution in [1.82, 2.24) is 14.9 Å². The number of hydrogen-bond donors (Lipinski definition) is 1. The molecule has 3 rings (SSSR count). The molecular weight excluding hydrogens is 282 g/mol. The van der Waals surface area contributed by atoms with Gasteiger partial charge in [0.25, 0.3) is 0 Å². The quantitative estimate of drug-likeness (QED) is 0.943. The van der Waals surface area contributed by atoms with Gasteiger partial charge in [0.2, 0.25) is 0 Å². The first kappa shape index (κ1) is 14.6. The van der Waals surface area contributed by atoms with Crippen molar-refractivity contribution < 1.29 is 5.11 Å². The Bertz CT molecular complexity index is 570. The molecule has 0 aliphatic carbocycles. The Morgan fingerprint density at radius 2 is 2.38 bits per heavy atom. The van der Waals surface area contributed by atoms with Crippen molar-refractivity contribution in [3.8, 4) is 10.7 Å². The molecule has 3 heterocycles. The predicted octanol–water partition coefficient (Wildman–Crippen LogP) is 2.80. The van der Waals surface area contributed by atoms with Crippen LogP contribution in [0.5, 0.6) is 0 Å². The molecule has 112 valence electrons. The second kappa shape index (κ2) is 6.64. The summed E-state index contributed by atoms with van der Waals surface area (Å²) in [7, 11) is 0. The molecule has 0 radical (unpaired) electrons. The molecule has 0 saturated carbocycles. The molecule has 0 amide bonds. The van der Waals surface area contributed by atoms with Crippen LogP contribution in [-0.4, -0.2) is 39.2 Å². The van der Waals surface area contributed by atoms with E-state index in [9.17, 15) is 5.11 Å². The van der Waals surface area contributed by atoms with E-state index >= 15 is 0 Å². The molecule has 21 heavy (non-hydrogen) atoms. The summed E-state index contributed by atoms with van der Waals surface area (Å²) in [6.07, 6.45) is 3.87. The molecule has 1 fully saturated rings. The largest absolute Gasteiger partial charge is 0.393 e. The lowest BCUT2D eigenvalue weighted by Crippen LogP contribution is -2.39. The normalized spacial score (nSPS) is 21.3. The minimum absolute atomic E-state index is 0.215. The van der Waals surface area contributed by atoms with Crippen LogP contribution in [0.4, 0.5) is 0 Å². The molecule has 2 atom stereocenters. The fourth-order valence-corrected chi connectivity index (χ4v) is 3.63. The van der Waals surface area contributed by atoms with Gasteiger partial charge in [-0.1, -0.05) is 6.07 Å². The van der Waals surface area contributed by atoms with Crippen molar-refractivity contribution in [2.45, 2.75) is 32.4 Å². The van der Waals surface area contributed by atoms with Crippen LogP contribution in [0.3, 0.4) is 0 Å². The molecule has 1 aliphatic rings. The number of hydrogen-bond acceptors (Lipinski definition) is 5. The van der Waals surface area contributed by atoms with Crippen LogP contribution in [0, 0.1) is 5.92 Å². The first-order valence-corrected chi connectivity index (χ1v) is 8.36. The van der Waals surface area contributed by atoms with Crippen LogP contribution in [0.25, 0.3) is 10.7 Å². The van der Waals surface area contributed by atoms with Gasteiger partial charge < -0.3 is 5.11 Å². The smallest absolute Gasteiger partial charge is 0.142 e. The molecule has 0 bridgehead atoms. The van der Waals surface area contributed by atoms with Gasteiger partial charge in [0, 0.05) is 24.7 Å². The van der Waals surface area contributed by atoms with E-state index in [0.29, 0.717) is 5.92 Å². The third-order valence-electron chi connectivity index (χ3n) is 4.05. The van der Waals surface area contributed by atoms with Crippen LogP contribution < -0.4 is 0 Å². The fourth-order valence-electron chi connectivity index (χ4n) is 2.84. The summed E-state index contributed by atoms with van der Waals surface area (Å²) in [6, 6.07) is 5.90. The lowest BCUT2D eigenvalue weighted by Gasteiger charge is -2.33. The van der Waals surface area contributed by atoms with Crippen molar-refractivity contribution >= 4 is 11.3 Å². The van der Waals surface area contributed by atoms with Gasteiger partial charge in [-0.2, -0.15) is 0 Å². The summed E-state index contributed by atoms with van der Waals surface area (Å²) >= 11 is 1.65. The molecule has 5 heteroatoms. The van der Waals surface area contributed by atoms with E-state index in [1.807, 2.05) is 25.1 Å². The zero-order valence-electron chi connectivity index (χ0n) is 12.3. The highest BCUT2D eigenvalue weighted by Gasteiger charge is 2.23. The number of aliphatic hydroxyl groups excluding tert-OH is 1. The average molecular weight is 303 g/mol. The second-order valence-electron chi connectivity index (χ2n) is 5.74. The third kappa shape index (κ3) is 3.67. The summed E-state index contributed by atoms with van der Waals surface area (Å²) in [4.78, 5) is 11.4. The molecule has 1 N–H and O–H groups in total. The molecule has 0 aromatic carbocycles. The SMILES string of the molecule is CC(O)C1CCCN(Cc2csc(-c3ccccn3)n2)C1. The maximum atomic E-state index is 9.77. The predicted molar refractivity (Wildman–Crippen MR) is 85.0 cm³/mol. The molecule has 1 saturated heterocycles. The number of aliphatic hydroxyl groups is 1. The van der Waals surface area contributed by atoms with E-state index in [0.717, 1.165) is 48.9 Å². The van der Waals surface area contributed by atoms with E-state index in [4.69, 9.17) is 4.98 Å². The highest BCUT2D eigenvalue weighted by atomic mass is 32.1. The van der Waals surface area contributed by atoms with Crippen molar-refractivity contribution in [3.63, 3.8) is 0 Å². The van der Waals surface area contributed by atoms with E-state index < -0.39 is 0 Å². The molecule has 0 spiro atoms. The first-order valence-electron chi connectivity index (χ1n) is 7.48. The minimum atomic E-state index is -0.215. The average Bonchev–Trinajstić information content (AvgIpc) is 2.97. The van der Waals surface area contributed by atoms with Crippen molar-refractivity contribution in [2.75, 3.05) is 13.1 Å². The molecule has 2 aromatic rings. The number of thiazole rings is 1. The maximum absolute atomic E-state index is 9.77. The summed E-state index contributed by atoms with van der Waals surface area (Å²) < 4.78 is 0. The van der Waals surface area contributed by atoms with Crippen molar-refractivity contribution in [3.05, 3.63) is 35.5 Å². The van der Waals surface area contributed by atoms with Crippen molar-refractivity contribution in [1.29, 1.82) is 0 Å². The van der Waals surface area contributed by atoms with Gasteiger partial charge in [0.05, 0.1) is 17.5 Å². The lowest BCUT2D eigenvalue weighted by atomic mass is 9.93.